The van der Waals surface area contributed by atoms with Crippen LogP contribution in [-0.2, 0) is 4.74 Å². The van der Waals surface area contributed by atoms with E-state index < -0.39 is 54.9 Å². The molecule has 0 radical (unpaired) electrons. The van der Waals surface area contributed by atoms with Crippen LogP contribution in [0.1, 0.15) is 72.1 Å². The van der Waals surface area contributed by atoms with Crippen molar-refractivity contribution in [3.05, 3.63) is 52.3 Å². The summed E-state index contributed by atoms with van der Waals surface area (Å²) in [6.45, 7) is -0.629. The molecule has 1 heterocycles. The number of Topliss-reactive ketones (excluding diaryl/α,β-unsaturated/α-hetero) is 2. The van der Waals surface area contributed by atoms with E-state index in [1.54, 1.807) is 12.1 Å². The number of allylic oxidation sites excluding steroid dienone is 4. The average Bonchev–Trinajstić information content (AvgIpc) is 2.92. The Labute approximate surface area is 220 Å². The summed E-state index contributed by atoms with van der Waals surface area (Å²) in [5.41, 5.74) is 2.13. The van der Waals surface area contributed by atoms with Gasteiger partial charge in [0.25, 0.3) is 0 Å². The lowest BCUT2D eigenvalue weighted by Gasteiger charge is -2.45. The number of benzene rings is 1. The molecule has 1 saturated heterocycles. The van der Waals surface area contributed by atoms with E-state index in [0.717, 1.165) is 36.8 Å². The summed E-state index contributed by atoms with van der Waals surface area (Å²) in [4.78, 5) is 27.6. The van der Waals surface area contributed by atoms with Crippen LogP contribution in [-0.4, -0.2) is 74.4 Å². The highest BCUT2D eigenvalue weighted by molar-refractivity contribution is 6.19. The number of ketones is 2. The first kappa shape index (κ1) is 25.7. The predicted molar refractivity (Wildman–Crippen MR) is 134 cm³/mol. The highest BCUT2D eigenvalue weighted by atomic mass is 16.7. The van der Waals surface area contributed by atoms with E-state index in [2.05, 4.69) is 0 Å². The number of aliphatic hydroxyl groups is 5. The summed E-state index contributed by atoms with van der Waals surface area (Å²) in [5, 5.41) is 51.4. The summed E-state index contributed by atoms with van der Waals surface area (Å²) in [6.07, 6.45) is 2.76. The lowest BCUT2D eigenvalue weighted by atomic mass is 9.59. The third kappa shape index (κ3) is 3.95. The Morgan fingerprint density at radius 2 is 1.74 bits per heavy atom. The molecule has 0 amide bonds. The van der Waals surface area contributed by atoms with E-state index in [4.69, 9.17) is 9.47 Å². The van der Waals surface area contributed by atoms with Crippen LogP contribution in [0.5, 0.6) is 5.75 Å². The molecule has 1 aromatic carbocycles. The van der Waals surface area contributed by atoms with Crippen molar-refractivity contribution in [1.29, 1.82) is 0 Å². The minimum atomic E-state index is -1.67. The molecule has 5 N–H and O–H groups in total. The zero-order valence-electron chi connectivity index (χ0n) is 21.1. The van der Waals surface area contributed by atoms with Gasteiger partial charge in [0.15, 0.2) is 11.6 Å². The number of fused-ring (bicyclic) bond motifs is 3. The minimum Gasteiger partial charge on any atom is -0.511 e. The van der Waals surface area contributed by atoms with Crippen molar-refractivity contribution in [3.8, 4) is 5.75 Å². The molecule has 9 heteroatoms. The number of hydrogen-bond acceptors (Lipinski definition) is 9. The van der Waals surface area contributed by atoms with Crippen LogP contribution < -0.4 is 4.74 Å². The van der Waals surface area contributed by atoms with Crippen LogP contribution in [0.3, 0.4) is 0 Å². The van der Waals surface area contributed by atoms with Crippen molar-refractivity contribution < 1.29 is 44.6 Å². The highest BCUT2D eigenvalue weighted by Crippen LogP contribution is 2.54. The smallest absolute Gasteiger partial charge is 0.229 e. The van der Waals surface area contributed by atoms with Crippen molar-refractivity contribution in [2.75, 3.05) is 6.61 Å². The highest BCUT2D eigenvalue weighted by Gasteiger charge is 2.50. The first-order chi connectivity index (χ1) is 18.2. The molecule has 9 nitrogen and oxygen atoms in total. The van der Waals surface area contributed by atoms with Crippen molar-refractivity contribution in [2.45, 2.75) is 82.1 Å². The second-order valence-corrected chi connectivity index (χ2v) is 11.5. The molecule has 204 valence electrons. The summed E-state index contributed by atoms with van der Waals surface area (Å²) in [6, 6.07) is 4.55. The summed E-state index contributed by atoms with van der Waals surface area (Å²) in [7, 11) is 0. The molecule has 5 aliphatic rings. The molecular formula is C29H34O9. The fourth-order valence-corrected chi connectivity index (χ4v) is 7.23. The van der Waals surface area contributed by atoms with Crippen LogP contribution in [0.2, 0.25) is 0 Å². The van der Waals surface area contributed by atoms with Crippen molar-refractivity contribution >= 4 is 11.6 Å². The SMILES string of the molecule is O=C1c2cccc(OC3OC(CO)C(O)C(O)C3O)c2C(=O)C2C(O)=C3CCC4(CCCCC4)CC3=CC12. The summed E-state index contributed by atoms with van der Waals surface area (Å²) < 4.78 is 11.2. The molecular weight excluding hydrogens is 492 g/mol. The molecule has 3 fully saturated rings. The van der Waals surface area contributed by atoms with Gasteiger partial charge in [-0.15, -0.1) is 0 Å². The van der Waals surface area contributed by atoms with Gasteiger partial charge in [-0.3, -0.25) is 9.59 Å². The van der Waals surface area contributed by atoms with Gasteiger partial charge in [-0.25, -0.2) is 0 Å². The van der Waals surface area contributed by atoms with E-state index in [1.807, 2.05) is 6.08 Å². The Kier molecular flexibility index (Phi) is 6.47. The monoisotopic (exact) mass is 526 g/mol. The van der Waals surface area contributed by atoms with Crippen LogP contribution in [0, 0.1) is 17.3 Å². The predicted octanol–water partition coefficient (Wildman–Crippen LogP) is 2.36. The topological polar surface area (TPSA) is 154 Å². The Balaban J connectivity index is 1.33. The maximum Gasteiger partial charge on any atom is 0.229 e. The van der Waals surface area contributed by atoms with E-state index in [1.165, 1.54) is 25.3 Å². The summed E-state index contributed by atoms with van der Waals surface area (Å²) >= 11 is 0. The largest absolute Gasteiger partial charge is 0.511 e. The fraction of sp³-hybridized carbons (Fsp3) is 0.586. The molecule has 1 spiro atoms. The third-order valence-corrected chi connectivity index (χ3v) is 9.33. The standard InChI is InChI=1S/C29H34O9/c30-13-19-24(33)26(35)27(36)28(38-19)37-18-6-4-5-16-20(18)25(34)21-17(22(16)31)11-14-12-29(8-2-1-3-9-29)10-7-15(14)23(21)32/h4-6,11,17,19,21,24,26-28,30,32-33,35-36H,1-3,7-10,12-13H2. The maximum absolute atomic E-state index is 13.9. The maximum atomic E-state index is 13.9. The van der Waals surface area contributed by atoms with Crippen LogP contribution in [0.4, 0.5) is 0 Å². The van der Waals surface area contributed by atoms with Gasteiger partial charge in [-0.05, 0) is 54.7 Å². The van der Waals surface area contributed by atoms with E-state index in [-0.39, 0.29) is 33.8 Å². The second-order valence-electron chi connectivity index (χ2n) is 11.5. The lowest BCUT2D eigenvalue weighted by Crippen LogP contribution is -2.60. The van der Waals surface area contributed by atoms with Crippen molar-refractivity contribution in [3.63, 3.8) is 0 Å². The molecule has 1 aromatic rings. The molecule has 1 aliphatic heterocycles. The van der Waals surface area contributed by atoms with Gasteiger partial charge in [-0.2, -0.15) is 0 Å². The molecule has 38 heavy (non-hydrogen) atoms. The first-order valence-corrected chi connectivity index (χ1v) is 13.6. The van der Waals surface area contributed by atoms with Gasteiger partial charge in [0.2, 0.25) is 6.29 Å². The molecule has 4 aliphatic carbocycles. The first-order valence-electron chi connectivity index (χ1n) is 13.6. The Morgan fingerprint density at radius 1 is 0.974 bits per heavy atom. The normalized spacial score (nSPS) is 36.3. The van der Waals surface area contributed by atoms with Gasteiger partial charge >= 0.3 is 0 Å². The zero-order chi connectivity index (χ0) is 26.8. The Morgan fingerprint density at radius 3 is 2.47 bits per heavy atom. The Bertz CT molecular complexity index is 1210. The van der Waals surface area contributed by atoms with E-state index >= 15 is 0 Å². The van der Waals surface area contributed by atoms with Crippen molar-refractivity contribution in [2.24, 2.45) is 17.3 Å². The van der Waals surface area contributed by atoms with Gasteiger partial charge in [0, 0.05) is 5.56 Å². The van der Waals surface area contributed by atoms with E-state index in [9.17, 15) is 35.1 Å². The van der Waals surface area contributed by atoms with Gasteiger partial charge < -0.3 is 35.0 Å². The van der Waals surface area contributed by atoms with Crippen molar-refractivity contribution in [1.82, 2.24) is 0 Å². The van der Waals surface area contributed by atoms with Crippen LogP contribution >= 0.6 is 0 Å². The third-order valence-electron chi connectivity index (χ3n) is 9.33. The molecule has 6 rings (SSSR count). The van der Waals surface area contributed by atoms with Crippen LogP contribution in [0.25, 0.3) is 0 Å². The number of rotatable bonds is 3. The number of ether oxygens (including phenoxy) is 2. The van der Waals surface area contributed by atoms with E-state index in [0.29, 0.717) is 6.42 Å². The number of hydrogen-bond donors (Lipinski definition) is 5. The number of carbonyl (C=O) groups excluding carboxylic acids is 2. The number of aliphatic hydroxyl groups excluding tert-OH is 5. The minimum absolute atomic E-state index is 0.0146. The van der Waals surface area contributed by atoms with Gasteiger partial charge in [0.1, 0.15) is 35.9 Å². The van der Waals surface area contributed by atoms with Gasteiger partial charge in [-0.1, -0.05) is 37.5 Å². The molecule has 7 unspecified atom stereocenters. The molecule has 2 saturated carbocycles. The second kappa shape index (κ2) is 9.57. The average molecular weight is 527 g/mol. The molecule has 7 atom stereocenters. The van der Waals surface area contributed by atoms with Gasteiger partial charge in [0.05, 0.1) is 24.0 Å². The number of carbonyl (C=O) groups is 2. The van der Waals surface area contributed by atoms with Crippen LogP contribution in [0.15, 0.2) is 41.2 Å². The quantitative estimate of drug-likeness (QED) is 0.399. The fourth-order valence-electron chi connectivity index (χ4n) is 7.23. The molecule has 0 aromatic heterocycles. The lowest BCUT2D eigenvalue weighted by molar-refractivity contribution is -0.277. The summed E-state index contributed by atoms with van der Waals surface area (Å²) in [5.74, 6) is -2.66. The zero-order valence-corrected chi connectivity index (χ0v) is 21.1. The molecule has 0 bridgehead atoms. The Hall–Kier alpha value is -2.56.